The van der Waals surface area contributed by atoms with Gasteiger partial charge in [0.15, 0.2) is 6.61 Å². The highest BCUT2D eigenvalue weighted by Crippen LogP contribution is 2.63. The van der Waals surface area contributed by atoms with E-state index in [4.69, 9.17) is 4.74 Å². The summed E-state index contributed by atoms with van der Waals surface area (Å²) in [5.41, 5.74) is 3.74. The molecule has 2 atom stereocenters. The Morgan fingerprint density at radius 3 is 2.88 bits per heavy atom. The van der Waals surface area contributed by atoms with Crippen LogP contribution in [0.2, 0.25) is 0 Å². The van der Waals surface area contributed by atoms with Gasteiger partial charge in [-0.15, -0.1) is 0 Å². The highest BCUT2D eigenvalue weighted by molar-refractivity contribution is 5.95. The van der Waals surface area contributed by atoms with Gasteiger partial charge in [-0.05, 0) is 52.6 Å². The minimum atomic E-state index is -0.647. The number of nitrogens with one attached hydrogen (secondary N) is 1. The van der Waals surface area contributed by atoms with Crippen molar-refractivity contribution < 1.29 is 14.5 Å². The summed E-state index contributed by atoms with van der Waals surface area (Å²) in [6.45, 7) is 6.38. The van der Waals surface area contributed by atoms with Crippen molar-refractivity contribution in [2.24, 2.45) is 21.8 Å². The Labute approximate surface area is 145 Å². The van der Waals surface area contributed by atoms with E-state index in [0.29, 0.717) is 5.92 Å². The lowest BCUT2D eigenvalue weighted by Crippen LogP contribution is -2.35. The molecule has 8 nitrogen and oxygen atoms in total. The van der Waals surface area contributed by atoms with Gasteiger partial charge in [-0.25, -0.2) is 5.43 Å². The summed E-state index contributed by atoms with van der Waals surface area (Å²) >= 11 is 0. The van der Waals surface area contributed by atoms with Crippen LogP contribution in [0.4, 0.5) is 5.82 Å². The molecule has 1 heterocycles. The van der Waals surface area contributed by atoms with Crippen molar-refractivity contribution in [3.8, 4) is 5.75 Å². The maximum Gasteiger partial charge on any atom is 0.406 e. The quantitative estimate of drug-likeness (QED) is 0.651. The van der Waals surface area contributed by atoms with Crippen molar-refractivity contribution in [3.05, 3.63) is 28.4 Å². The summed E-state index contributed by atoms with van der Waals surface area (Å²) in [6, 6.07) is 2.92. The van der Waals surface area contributed by atoms with Gasteiger partial charge in [0, 0.05) is 11.1 Å². The molecule has 3 rings (SSSR count). The first kappa shape index (κ1) is 17.3. The van der Waals surface area contributed by atoms with Gasteiger partial charge >= 0.3 is 5.82 Å². The molecular formula is C17H22N4O4. The highest BCUT2D eigenvalue weighted by Gasteiger charge is 2.60. The largest absolute Gasteiger partial charge is 0.476 e. The lowest BCUT2D eigenvalue weighted by Gasteiger charge is -2.34. The molecule has 25 heavy (non-hydrogen) atoms. The molecule has 134 valence electrons. The maximum absolute atomic E-state index is 12.0. The average Bonchev–Trinajstić information content (AvgIpc) is 2.91. The summed E-state index contributed by atoms with van der Waals surface area (Å²) in [5, 5.41) is 15.2. The van der Waals surface area contributed by atoms with Crippen molar-refractivity contribution in [3.63, 3.8) is 0 Å². The highest BCUT2D eigenvalue weighted by atomic mass is 16.6. The van der Waals surface area contributed by atoms with Crippen LogP contribution in [0.15, 0.2) is 23.4 Å². The molecule has 1 aromatic heterocycles. The van der Waals surface area contributed by atoms with Gasteiger partial charge in [-0.1, -0.05) is 20.8 Å². The standard InChI is InChI=1S/C17H22N4O4/c1-16(2)11-6-7-17(16,3)13(9-11)19-20-14(22)10-25-12-5-4-8-18-15(12)21(23)24/h4-5,8,11H,6-7,9-10H2,1-3H3,(H,20,22). The zero-order valence-electron chi connectivity index (χ0n) is 14.6. The van der Waals surface area contributed by atoms with Crippen LogP contribution in [0.25, 0.3) is 0 Å². The first-order valence-electron chi connectivity index (χ1n) is 8.34. The Morgan fingerprint density at radius 2 is 2.28 bits per heavy atom. The van der Waals surface area contributed by atoms with Gasteiger partial charge in [0.2, 0.25) is 5.75 Å². The summed E-state index contributed by atoms with van der Waals surface area (Å²) < 4.78 is 5.22. The normalized spacial score (nSPS) is 28.1. The lowest BCUT2D eigenvalue weighted by atomic mass is 9.70. The number of hydrogen-bond donors (Lipinski definition) is 1. The third-order valence-corrected chi connectivity index (χ3v) is 6.11. The molecule has 0 aromatic carbocycles. The van der Waals surface area contributed by atoms with Crippen molar-refractivity contribution in [2.45, 2.75) is 40.0 Å². The van der Waals surface area contributed by atoms with Crippen LogP contribution in [0, 0.1) is 26.9 Å². The van der Waals surface area contributed by atoms with Gasteiger partial charge in [0.1, 0.15) is 6.20 Å². The molecular weight excluding hydrogens is 324 g/mol. The van der Waals surface area contributed by atoms with E-state index in [0.717, 1.165) is 18.6 Å². The summed E-state index contributed by atoms with van der Waals surface area (Å²) in [5.74, 6) is -0.301. The number of aromatic nitrogens is 1. The second-order valence-corrected chi connectivity index (χ2v) is 7.46. The molecule has 2 unspecified atom stereocenters. The lowest BCUT2D eigenvalue weighted by molar-refractivity contribution is -0.390. The minimum Gasteiger partial charge on any atom is -0.476 e. The molecule has 2 fully saturated rings. The molecule has 0 radical (unpaired) electrons. The molecule has 2 saturated carbocycles. The van der Waals surface area contributed by atoms with E-state index in [1.54, 1.807) is 0 Å². The number of nitrogens with zero attached hydrogens (tertiary/aromatic N) is 3. The van der Waals surface area contributed by atoms with E-state index in [9.17, 15) is 14.9 Å². The number of carbonyl (C=O) groups is 1. The van der Waals surface area contributed by atoms with Gasteiger partial charge in [0.25, 0.3) is 5.91 Å². The smallest absolute Gasteiger partial charge is 0.406 e. The molecule has 1 aromatic rings. The fraction of sp³-hybridized carbons (Fsp3) is 0.588. The molecule has 2 bridgehead atoms. The Hall–Kier alpha value is -2.51. The Balaban J connectivity index is 1.61. The molecule has 0 aliphatic heterocycles. The van der Waals surface area contributed by atoms with Crippen molar-refractivity contribution in [2.75, 3.05) is 6.61 Å². The predicted molar refractivity (Wildman–Crippen MR) is 91.2 cm³/mol. The first-order chi connectivity index (χ1) is 11.8. The fourth-order valence-corrected chi connectivity index (χ4v) is 4.03. The fourth-order valence-electron chi connectivity index (χ4n) is 4.03. The molecule has 2 aliphatic rings. The Morgan fingerprint density at radius 1 is 1.52 bits per heavy atom. The number of ether oxygens (including phenoxy) is 1. The first-order valence-corrected chi connectivity index (χ1v) is 8.34. The monoisotopic (exact) mass is 346 g/mol. The zero-order chi connectivity index (χ0) is 18.2. The van der Waals surface area contributed by atoms with E-state index in [2.05, 4.69) is 36.3 Å². The van der Waals surface area contributed by atoms with E-state index in [1.807, 2.05) is 0 Å². The Kier molecular flexibility index (Phi) is 4.22. The van der Waals surface area contributed by atoms with Crippen molar-refractivity contribution in [1.82, 2.24) is 10.4 Å². The van der Waals surface area contributed by atoms with E-state index < -0.39 is 16.6 Å². The summed E-state index contributed by atoms with van der Waals surface area (Å²) in [6.07, 6.45) is 4.48. The van der Waals surface area contributed by atoms with Crippen LogP contribution in [-0.2, 0) is 4.79 Å². The van der Waals surface area contributed by atoms with Crippen LogP contribution < -0.4 is 10.2 Å². The zero-order valence-corrected chi connectivity index (χ0v) is 14.6. The number of hydrazone groups is 1. The van der Waals surface area contributed by atoms with Crippen LogP contribution in [-0.4, -0.2) is 28.1 Å². The van der Waals surface area contributed by atoms with E-state index in [1.165, 1.54) is 24.8 Å². The second kappa shape index (κ2) is 6.09. The topological polar surface area (TPSA) is 107 Å². The minimum absolute atomic E-state index is 0.00788. The molecule has 0 spiro atoms. The number of fused-ring (bicyclic) bond motifs is 2. The van der Waals surface area contributed by atoms with E-state index >= 15 is 0 Å². The molecule has 2 aliphatic carbocycles. The number of amides is 1. The second-order valence-electron chi connectivity index (χ2n) is 7.46. The number of carbonyl (C=O) groups excluding carboxylic acids is 1. The summed E-state index contributed by atoms with van der Waals surface area (Å²) in [7, 11) is 0. The van der Waals surface area contributed by atoms with Crippen LogP contribution in [0.3, 0.4) is 0 Å². The average molecular weight is 346 g/mol. The molecule has 0 saturated heterocycles. The van der Waals surface area contributed by atoms with Crippen molar-refractivity contribution in [1.29, 1.82) is 0 Å². The number of pyridine rings is 1. The summed E-state index contributed by atoms with van der Waals surface area (Å²) in [4.78, 5) is 25.9. The molecule has 1 N–H and O–H groups in total. The van der Waals surface area contributed by atoms with Gasteiger partial charge in [-0.2, -0.15) is 5.10 Å². The molecule has 8 heteroatoms. The number of rotatable bonds is 5. The maximum atomic E-state index is 12.0. The Bertz CT molecular complexity index is 746. The number of nitro groups is 1. The SMILES string of the molecule is CC12CCC(CC1=NNC(=O)COc1cccnc1[N+](=O)[O-])C2(C)C. The van der Waals surface area contributed by atoms with Crippen LogP contribution in [0.1, 0.15) is 40.0 Å². The van der Waals surface area contributed by atoms with E-state index in [-0.39, 0.29) is 23.2 Å². The van der Waals surface area contributed by atoms with Crippen LogP contribution in [0.5, 0.6) is 5.75 Å². The van der Waals surface area contributed by atoms with Crippen molar-refractivity contribution >= 4 is 17.4 Å². The van der Waals surface area contributed by atoms with Crippen LogP contribution >= 0.6 is 0 Å². The van der Waals surface area contributed by atoms with Gasteiger partial charge < -0.3 is 14.9 Å². The van der Waals surface area contributed by atoms with Gasteiger partial charge in [0.05, 0.1) is 0 Å². The third-order valence-electron chi connectivity index (χ3n) is 6.11. The predicted octanol–water partition coefficient (Wildman–Crippen LogP) is 2.69. The number of hydrogen-bond acceptors (Lipinski definition) is 6. The molecule has 1 amide bonds. The third kappa shape index (κ3) is 2.85. The van der Waals surface area contributed by atoms with Gasteiger partial charge in [-0.3, -0.25) is 4.79 Å².